The molecule has 0 N–H and O–H groups in total. The summed E-state index contributed by atoms with van der Waals surface area (Å²) in [6.45, 7) is 6.49. The first-order valence-corrected chi connectivity index (χ1v) is 7.31. The third-order valence-corrected chi connectivity index (χ3v) is 4.22. The molecule has 0 nitrogen and oxygen atoms in total. The predicted molar refractivity (Wildman–Crippen MR) is 90.8 cm³/mol. The predicted octanol–water partition coefficient (Wildman–Crippen LogP) is 5.72. The lowest BCUT2D eigenvalue weighted by atomic mass is 9.92. The largest absolute Gasteiger partial charge is 0.143 e. The highest BCUT2D eigenvalue weighted by molar-refractivity contribution is 7.80. The number of hydrogen-bond donors (Lipinski definition) is 1. The molecule has 0 unspecified atom stereocenters. The minimum atomic E-state index is 1.01. The van der Waals surface area contributed by atoms with Gasteiger partial charge in [0.2, 0.25) is 0 Å². The van der Waals surface area contributed by atoms with Crippen molar-refractivity contribution < 1.29 is 0 Å². The zero-order valence-electron chi connectivity index (χ0n) is 12.1. The molecule has 0 fully saturated rings. The lowest BCUT2D eigenvalue weighted by molar-refractivity contribution is 1.35. The number of benzene rings is 3. The first-order chi connectivity index (χ1) is 9.56. The van der Waals surface area contributed by atoms with Gasteiger partial charge in [0.25, 0.3) is 0 Å². The maximum Gasteiger partial charge on any atom is 0.00430 e. The molecule has 0 radical (unpaired) electrons. The Hall–Kier alpha value is -1.73. The van der Waals surface area contributed by atoms with Crippen LogP contribution in [0.25, 0.3) is 21.9 Å². The van der Waals surface area contributed by atoms with Crippen LogP contribution in [0.2, 0.25) is 0 Å². The molecule has 0 amide bonds. The zero-order valence-corrected chi connectivity index (χ0v) is 13.0. The van der Waals surface area contributed by atoms with Gasteiger partial charge in [0.15, 0.2) is 0 Å². The molecule has 0 heterocycles. The molecule has 0 spiro atoms. The average Bonchev–Trinajstić information content (AvgIpc) is 2.40. The fourth-order valence-corrected chi connectivity index (χ4v) is 3.11. The van der Waals surface area contributed by atoms with Crippen LogP contribution in [-0.2, 0) is 0 Å². The molecule has 0 bridgehead atoms. The van der Waals surface area contributed by atoms with Gasteiger partial charge in [-0.15, -0.1) is 12.6 Å². The highest BCUT2D eigenvalue weighted by atomic mass is 32.1. The number of rotatable bonds is 1. The molecule has 0 aromatic heterocycles. The molecule has 20 heavy (non-hydrogen) atoms. The normalized spacial score (nSPS) is 11.0. The van der Waals surface area contributed by atoms with Crippen molar-refractivity contribution in [3.63, 3.8) is 0 Å². The monoisotopic (exact) mass is 278 g/mol. The van der Waals surface area contributed by atoms with Crippen LogP contribution in [0.15, 0.2) is 53.4 Å². The third-order valence-electron chi connectivity index (χ3n) is 3.94. The quantitative estimate of drug-likeness (QED) is 0.541. The highest BCUT2D eigenvalue weighted by Crippen LogP contribution is 2.32. The van der Waals surface area contributed by atoms with Crippen LogP contribution >= 0.6 is 12.6 Å². The van der Waals surface area contributed by atoms with Crippen molar-refractivity contribution in [3.05, 3.63) is 65.2 Å². The SMILES string of the molecule is Cc1ccc2c(C)c(-c3ccc(S)cc3C)ccc2c1. The summed E-state index contributed by atoms with van der Waals surface area (Å²) in [7, 11) is 0. The van der Waals surface area contributed by atoms with Crippen LogP contribution in [0.1, 0.15) is 16.7 Å². The molecule has 100 valence electrons. The maximum atomic E-state index is 4.41. The summed E-state index contributed by atoms with van der Waals surface area (Å²) >= 11 is 4.41. The number of aryl methyl sites for hydroxylation is 3. The molecular formula is C19H18S. The van der Waals surface area contributed by atoms with Crippen molar-refractivity contribution in [3.8, 4) is 11.1 Å². The summed E-state index contributed by atoms with van der Waals surface area (Å²) < 4.78 is 0. The van der Waals surface area contributed by atoms with Gasteiger partial charge in [-0.3, -0.25) is 0 Å². The summed E-state index contributed by atoms with van der Waals surface area (Å²) in [5.74, 6) is 0. The van der Waals surface area contributed by atoms with Crippen molar-refractivity contribution in [2.75, 3.05) is 0 Å². The van der Waals surface area contributed by atoms with E-state index in [9.17, 15) is 0 Å². The van der Waals surface area contributed by atoms with Gasteiger partial charge in [-0.25, -0.2) is 0 Å². The van der Waals surface area contributed by atoms with Crippen molar-refractivity contribution in [1.82, 2.24) is 0 Å². The second kappa shape index (κ2) is 4.99. The molecule has 3 aromatic carbocycles. The molecule has 0 aliphatic rings. The Morgan fingerprint density at radius 1 is 0.750 bits per heavy atom. The second-order valence-corrected chi connectivity index (χ2v) is 5.98. The van der Waals surface area contributed by atoms with E-state index in [0.29, 0.717) is 0 Å². The van der Waals surface area contributed by atoms with Gasteiger partial charge >= 0.3 is 0 Å². The van der Waals surface area contributed by atoms with E-state index in [0.717, 1.165) is 4.90 Å². The number of fused-ring (bicyclic) bond motifs is 1. The number of thiol groups is 1. The van der Waals surface area contributed by atoms with E-state index in [-0.39, 0.29) is 0 Å². The Bertz CT molecular complexity index is 800. The van der Waals surface area contributed by atoms with Gasteiger partial charge in [0.05, 0.1) is 0 Å². The zero-order chi connectivity index (χ0) is 14.3. The topological polar surface area (TPSA) is 0 Å². The summed E-state index contributed by atoms with van der Waals surface area (Å²) in [5, 5.41) is 2.65. The first kappa shape index (κ1) is 13.3. The molecule has 0 aliphatic heterocycles. The number of hydrogen-bond acceptors (Lipinski definition) is 1. The molecule has 0 saturated carbocycles. The molecular weight excluding hydrogens is 260 g/mol. The van der Waals surface area contributed by atoms with Gasteiger partial charge in [-0.1, -0.05) is 42.0 Å². The summed E-state index contributed by atoms with van der Waals surface area (Å²) in [6, 6.07) is 17.5. The first-order valence-electron chi connectivity index (χ1n) is 6.86. The fraction of sp³-hybridized carbons (Fsp3) is 0.158. The van der Waals surface area contributed by atoms with Crippen LogP contribution < -0.4 is 0 Å². The van der Waals surface area contributed by atoms with Crippen molar-refractivity contribution in [2.45, 2.75) is 25.7 Å². The Kier molecular flexibility index (Phi) is 3.31. The van der Waals surface area contributed by atoms with E-state index in [1.807, 2.05) is 0 Å². The molecule has 0 aliphatic carbocycles. The van der Waals surface area contributed by atoms with Crippen LogP contribution in [0.3, 0.4) is 0 Å². The van der Waals surface area contributed by atoms with Crippen LogP contribution in [0.5, 0.6) is 0 Å². The maximum absolute atomic E-state index is 4.41. The molecule has 1 heteroatoms. The van der Waals surface area contributed by atoms with E-state index in [4.69, 9.17) is 0 Å². The lowest BCUT2D eigenvalue weighted by Gasteiger charge is -2.13. The minimum Gasteiger partial charge on any atom is -0.143 e. The van der Waals surface area contributed by atoms with Crippen LogP contribution in [0.4, 0.5) is 0 Å². The van der Waals surface area contributed by atoms with Crippen LogP contribution in [0, 0.1) is 20.8 Å². The Morgan fingerprint density at radius 3 is 2.25 bits per heavy atom. The highest BCUT2D eigenvalue weighted by Gasteiger charge is 2.08. The Morgan fingerprint density at radius 2 is 1.50 bits per heavy atom. The summed E-state index contributed by atoms with van der Waals surface area (Å²) in [4.78, 5) is 1.01. The Balaban J connectivity index is 2.27. The van der Waals surface area contributed by atoms with Crippen LogP contribution in [-0.4, -0.2) is 0 Å². The second-order valence-electron chi connectivity index (χ2n) is 5.46. The average molecular weight is 278 g/mol. The standard InChI is InChI=1S/C19H18S/c1-12-4-7-18-14(3)19(8-5-15(18)10-12)17-9-6-16(20)11-13(17)2/h4-11,20H,1-3H3. The minimum absolute atomic E-state index is 1.01. The smallest absolute Gasteiger partial charge is 0.00430 e. The van der Waals surface area contributed by atoms with Gasteiger partial charge in [-0.05, 0) is 65.9 Å². The summed E-state index contributed by atoms with van der Waals surface area (Å²) in [5.41, 5.74) is 6.53. The Labute approximate surface area is 125 Å². The molecule has 3 rings (SSSR count). The van der Waals surface area contributed by atoms with Gasteiger partial charge in [0.1, 0.15) is 0 Å². The van der Waals surface area contributed by atoms with E-state index >= 15 is 0 Å². The van der Waals surface area contributed by atoms with E-state index in [1.165, 1.54) is 38.6 Å². The lowest BCUT2D eigenvalue weighted by Crippen LogP contribution is -1.89. The van der Waals surface area contributed by atoms with E-state index in [1.54, 1.807) is 0 Å². The molecule has 0 atom stereocenters. The van der Waals surface area contributed by atoms with E-state index in [2.05, 4.69) is 81.9 Å². The molecule has 3 aromatic rings. The van der Waals surface area contributed by atoms with Gasteiger partial charge < -0.3 is 0 Å². The summed E-state index contributed by atoms with van der Waals surface area (Å²) in [6.07, 6.45) is 0. The fourth-order valence-electron chi connectivity index (χ4n) is 2.85. The molecule has 0 saturated heterocycles. The van der Waals surface area contributed by atoms with Crippen molar-refractivity contribution in [1.29, 1.82) is 0 Å². The van der Waals surface area contributed by atoms with Gasteiger partial charge in [-0.2, -0.15) is 0 Å². The third kappa shape index (κ3) is 2.23. The van der Waals surface area contributed by atoms with Crippen molar-refractivity contribution in [2.24, 2.45) is 0 Å². The van der Waals surface area contributed by atoms with Gasteiger partial charge in [0, 0.05) is 4.90 Å². The van der Waals surface area contributed by atoms with E-state index < -0.39 is 0 Å². The van der Waals surface area contributed by atoms with Crippen molar-refractivity contribution >= 4 is 23.4 Å².